The molecule has 0 aromatic heterocycles. The van der Waals surface area contributed by atoms with Crippen LogP contribution < -0.4 is 10.0 Å². The van der Waals surface area contributed by atoms with Gasteiger partial charge in [0.2, 0.25) is 10.0 Å². The van der Waals surface area contributed by atoms with Crippen LogP contribution in [0.2, 0.25) is 0 Å². The number of nitrogens with zero attached hydrogens (tertiary/aromatic N) is 1. The fraction of sp³-hybridized carbons (Fsp3) is 0.667. The summed E-state index contributed by atoms with van der Waals surface area (Å²) in [5, 5.41) is 0.449. The Morgan fingerprint density at radius 3 is 2.53 bits per heavy atom. The summed E-state index contributed by atoms with van der Waals surface area (Å²) in [6.45, 7) is 0. The van der Waals surface area contributed by atoms with Gasteiger partial charge in [0.05, 0.1) is 0 Å². The number of aliphatic imine (C=N–C) groups is 1. The molecule has 0 saturated heterocycles. The van der Waals surface area contributed by atoms with Gasteiger partial charge in [0.1, 0.15) is 0 Å². The highest BCUT2D eigenvalue weighted by Gasteiger charge is 2.36. The van der Waals surface area contributed by atoms with Crippen molar-refractivity contribution in [3.63, 3.8) is 0 Å². The maximum atomic E-state index is 11.9. The molecule has 7 nitrogen and oxygen atoms in total. The molecule has 2 aliphatic rings. The van der Waals surface area contributed by atoms with Gasteiger partial charge in [-0.05, 0) is 12.8 Å². The molecule has 8 heteroatoms. The molecule has 2 N–H and O–H groups in total. The third-order valence-electron chi connectivity index (χ3n) is 2.84. The molecule has 0 spiro atoms. The number of amides is 3. The molecule has 0 radical (unpaired) electrons. The molecule has 17 heavy (non-hydrogen) atoms. The summed E-state index contributed by atoms with van der Waals surface area (Å²) in [5.41, 5.74) is 0. The molecule has 1 aliphatic heterocycles. The van der Waals surface area contributed by atoms with Crippen molar-refractivity contribution >= 4 is 28.2 Å². The monoisotopic (exact) mass is 259 g/mol. The number of urea groups is 1. The second kappa shape index (κ2) is 4.53. The highest BCUT2D eigenvalue weighted by atomic mass is 32.2. The molecule has 1 atom stereocenters. The zero-order valence-corrected chi connectivity index (χ0v) is 9.87. The Bertz CT molecular complexity index is 465. The first-order valence-corrected chi connectivity index (χ1v) is 6.94. The molecule has 0 bridgehead atoms. The second-order valence-electron chi connectivity index (χ2n) is 4.14. The minimum absolute atomic E-state index is 0.112. The van der Waals surface area contributed by atoms with Crippen LogP contribution in [0, 0.1) is 0 Å². The van der Waals surface area contributed by atoms with Gasteiger partial charge < -0.3 is 0 Å². The number of imide groups is 1. The zero-order chi connectivity index (χ0) is 12.5. The molecular weight excluding hydrogens is 246 g/mol. The van der Waals surface area contributed by atoms with E-state index in [-0.39, 0.29) is 6.04 Å². The number of hydrogen-bond acceptors (Lipinski definition) is 4. The average molecular weight is 259 g/mol. The highest BCUT2D eigenvalue weighted by Crippen LogP contribution is 2.19. The molecular formula is C9H13N3O4S. The SMILES string of the molecule is O=C1N=CC(S(=O)(=O)NC2CCCC2)C(=O)N1. The predicted octanol–water partition coefficient (Wildman–Crippen LogP) is -0.462. The molecule has 1 unspecified atom stereocenters. The summed E-state index contributed by atoms with van der Waals surface area (Å²) >= 11 is 0. The third-order valence-corrected chi connectivity index (χ3v) is 4.50. The maximum absolute atomic E-state index is 11.9. The molecule has 0 aromatic carbocycles. The van der Waals surface area contributed by atoms with Crippen LogP contribution in [-0.4, -0.2) is 37.9 Å². The van der Waals surface area contributed by atoms with Gasteiger partial charge in [-0.3, -0.25) is 10.1 Å². The minimum Gasteiger partial charge on any atom is -0.275 e. The number of carbonyl (C=O) groups is 2. The molecule has 1 saturated carbocycles. The van der Waals surface area contributed by atoms with Crippen molar-refractivity contribution < 1.29 is 18.0 Å². The largest absolute Gasteiger partial charge is 0.347 e. The smallest absolute Gasteiger partial charge is 0.275 e. The summed E-state index contributed by atoms with van der Waals surface area (Å²) in [4.78, 5) is 25.4. The Hall–Kier alpha value is -1.28. The highest BCUT2D eigenvalue weighted by molar-refractivity contribution is 7.91. The standard InChI is InChI=1S/C9H13N3O4S/c13-8-7(5-10-9(14)11-8)17(15,16)12-6-3-1-2-4-6/h5-7,12H,1-4H2,(H,11,13,14). The van der Waals surface area contributed by atoms with Crippen LogP contribution in [0.5, 0.6) is 0 Å². The first kappa shape index (κ1) is 12.2. The van der Waals surface area contributed by atoms with Crippen LogP contribution in [0.4, 0.5) is 4.79 Å². The van der Waals surface area contributed by atoms with Crippen molar-refractivity contribution in [2.24, 2.45) is 4.99 Å². The molecule has 1 aliphatic carbocycles. The minimum atomic E-state index is -3.80. The first-order chi connectivity index (χ1) is 7.99. The summed E-state index contributed by atoms with van der Waals surface area (Å²) in [6.07, 6.45) is 4.40. The van der Waals surface area contributed by atoms with Crippen LogP contribution in [0.15, 0.2) is 4.99 Å². The van der Waals surface area contributed by atoms with Crippen molar-refractivity contribution in [3.8, 4) is 0 Å². The quantitative estimate of drug-likeness (QED) is 0.715. The van der Waals surface area contributed by atoms with Crippen LogP contribution in [0.3, 0.4) is 0 Å². The van der Waals surface area contributed by atoms with E-state index in [1.165, 1.54) is 0 Å². The van der Waals surface area contributed by atoms with E-state index in [0.29, 0.717) is 0 Å². The molecule has 3 amide bonds. The fourth-order valence-corrected chi connectivity index (χ4v) is 3.39. The Morgan fingerprint density at radius 1 is 1.29 bits per heavy atom. The van der Waals surface area contributed by atoms with Crippen LogP contribution in [0.25, 0.3) is 0 Å². The predicted molar refractivity (Wildman–Crippen MR) is 60.1 cm³/mol. The lowest BCUT2D eigenvalue weighted by molar-refractivity contribution is -0.118. The fourth-order valence-electron chi connectivity index (χ4n) is 1.98. The number of sulfonamides is 1. The summed E-state index contributed by atoms with van der Waals surface area (Å²) in [5.74, 6) is -0.851. The van der Waals surface area contributed by atoms with E-state index < -0.39 is 27.2 Å². The molecule has 1 fully saturated rings. The summed E-state index contributed by atoms with van der Waals surface area (Å²) in [7, 11) is -3.80. The zero-order valence-electron chi connectivity index (χ0n) is 9.05. The van der Waals surface area contributed by atoms with Gasteiger partial charge in [0.15, 0.2) is 5.25 Å². The molecule has 1 heterocycles. The lowest BCUT2D eigenvalue weighted by atomic mass is 10.3. The Labute approximate surface area is 98.7 Å². The van der Waals surface area contributed by atoms with Gasteiger partial charge >= 0.3 is 6.03 Å². The summed E-state index contributed by atoms with van der Waals surface area (Å²) < 4.78 is 26.2. The molecule has 2 rings (SSSR count). The van der Waals surface area contributed by atoms with Gasteiger partial charge in [0, 0.05) is 12.3 Å². The van der Waals surface area contributed by atoms with Crippen molar-refractivity contribution in [2.75, 3.05) is 0 Å². The van der Waals surface area contributed by atoms with Crippen molar-refractivity contribution in [2.45, 2.75) is 37.0 Å². The van der Waals surface area contributed by atoms with E-state index in [9.17, 15) is 18.0 Å². The lowest BCUT2D eigenvalue weighted by Gasteiger charge is -2.18. The number of carbonyl (C=O) groups excluding carboxylic acids is 2. The normalized spacial score (nSPS) is 26.2. The maximum Gasteiger partial charge on any atom is 0.347 e. The topological polar surface area (TPSA) is 105 Å². The van der Waals surface area contributed by atoms with E-state index in [1.54, 1.807) is 0 Å². The second-order valence-corrected chi connectivity index (χ2v) is 5.97. The van der Waals surface area contributed by atoms with Crippen molar-refractivity contribution in [1.82, 2.24) is 10.0 Å². The molecule has 94 valence electrons. The Kier molecular flexibility index (Phi) is 3.25. The number of hydrogen-bond donors (Lipinski definition) is 2. The Balaban J connectivity index is 2.12. The molecule has 0 aromatic rings. The van der Waals surface area contributed by atoms with E-state index in [1.807, 2.05) is 5.32 Å². The van der Waals surface area contributed by atoms with Crippen LogP contribution in [-0.2, 0) is 14.8 Å². The average Bonchev–Trinajstić information content (AvgIpc) is 2.68. The van der Waals surface area contributed by atoms with Crippen molar-refractivity contribution in [3.05, 3.63) is 0 Å². The van der Waals surface area contributed by atoms with E-state index in [2.05, 4.69) is 9.71 Å². The van der Waals surface area contributed by atoms with Gasteiger partial charge in [-0.1, -0.05) is 12.8 Å². The number of nitrogens with one attached hydrogen (secondary N) is 2. The van der Waals surface area contributed by atoms with E-state index in [4.69, 9.17) is 0 Å². The van der Waals surface area contributed by atoms with Gasteiger partial charge in [0.25, 0.3) is 5.91 Å². The first-order valence-electron chi connectivity index (χ1n) is 5.39. The van der Waals surface area contributed by atoms with E-state index >= 15 is 0 Å². The van der Waals surface area contributed by atoms with Crippen LogP contribution >= 0.6 is 0 Å². The van der Waals surface area contributed by atoms with Gasteiger partial charge in [-0.2, -0.15) is 0 Å². The van der Waals surface area contributed by atoms with Crippen LogP contribution in [0.1, 0.15) is 25.7 Å². The number of rotatable bonds is 3. The van der Waals surface area contributed by atoms with E-state index in [0.717, 1.165) is 31.9 Å². The van der Waals surface area contributed by atoms with Gasteiger partial charge in [-0.15, -0.1) is 0 Å². The van der Waals surface area contributed by atoms with Gasteiger partial charge in [-0.25, -0.2) is 22.9 Å². The summed E-state index contributed by atoms with van der Waals surface area (Å²) in [6, 6.07) is -0.943. The third kappa shape index (κ3) is 2.70. The Morgan fingerprint density at radius 2 is 1.94 bits per heavy atom. The lowest BCUT2D eigenvalue weighted by Crippen LogP contribution is -2.51. The van der Waals surface area contributed by atoms with Crippen molar-refractivity contribution in [1.29, 1.82) is 0 Å².